The van der Waals surface area contributed by atoms with Gasteiger partial charge in [-0.05, 0) is 31.2 Å². The predicted octanol–water partition coefficient (Wildman–Crippen LogP) is 6.02. The lowest BCUT2D eigenvalue weighted by atomic mass is 10.2. The molecular formula is C19H20Cl2N2OS. The van der Waals surface area contributed by atoms with Crippen LogP contribution in [0.5, 0.6) is 5.75 Å². The molecule has 1 fully saturated rings. The van der Waals surface area contributed by atoms with E-state index in [-0.39, 0.29) is 0 Å². The second-order valence-electron chi connectivity index (χ2n) is 5.84. The quantitative estimate of drug-likeness (QED) is 0.619. The van der Waals surface area contributed by atoms with Crippen LogP contribution in [-0.4, -0.2) is 28.5 Å². The van der Waals surface area contributed by atoms with E-state index in [4.69, 9.17) is 32.9 Å². The second kappa shape index (κ2) is 8.35. The van der Waals surface area contributed by atoms with Gasteiger partial charge in [-0.2, -0.15) is 0 Å². The summed E-state index contributed by atoms with van der Waals surface area (Å²) in [6, 6.07) is 13.5. The smallest absolute Gasteiger partial charge is 0.165 e. The highest BCUT2D eigenvalue weighted by molar-refractivity contribution is 8.14. The fraction of sp³-hybridized carbons (Fsp3) is 0.316. The maximum Gasteiger partial charge on any atom is 0.165 e. The zero-order valence-corrected chi connectivity index (χ0v) is 16.5. The normalized spacial score (nSPS) is 18.8. The van der Waals surface area contributed by atoms with Crippen molar-refractivity contribution in [1.82, 2.24) is 4.90 Å². The molecule has 0 bridgehead atoms. The Labute approximate surface area is 163 Å². The van der Waals surface area contributed by atoms with Gasteiger partial charge in [-0.3, -0.25) is 0 Å². The van der Waals surface area contributed by atoms with Crippen molar-refractivity contribution < 1.29 is 4.74 Å². The third-order valence-corrected chi connectivity index (χ3v) is 5.46. The number of hydrogen-bond donors (Lipinski definition) is 0. The van der Waals surface area contributed by atoms with Crippen molar-refractivity contribution in [2.24, 2.45) is 4.99 Å². The molecule has 132 valence electrons. The Balaban J connectivity index is 1.86. The Kier molecular flexibility index (Phi) is 6.15. The Bertz CT molecular complexity index is 782. The number of hydrogen-bond acceptors (Lipinski definition) is 3. The predicted molar refractivity (Wildman–Crippen MR) is 109 cm³/mol. The van der Waals surface area contributed by atoms with Gasteiger partial charge in [-0.1, -0.05) is 60.1 Å². The molecule has 2 aromatic carbocycles. The Morgan fingerprint density at radius 2 is 2.04 bits per heavy atom. The number of amidine groups is 1. The molecule has 0 spiro atoms. The molecule has 1 aliphatic heterocycles. The van der Waals surface area contributed by atoms with Gasteiger partial charge in [0, 0.05) is 28.9 Å². The van der Waals surface area contributed by atoms with Gasteiger partial charge < -0.3 is 9.64 Å². The van der Waals surface area contributed by atoms with Crippen LogP contribution < -0.4 is 4.74 Å². The fourth-order valence-corrected chi connectivity index (χ4v) is 4.23. The minimum absolute atomic E-state index is 0.476. The maximum atomic E-state index is 6.28. The summed E-state index contributed by atoms with van der Waals surface area (Å²) in [6.07, 6.45) is 0. The molecule has 3 nitrogen and oxygen atoms in total. The fourth-order valence-electron chi connectivity index (χ4n) is 2.72. The molecule has 0 saturated carbocycles. The van der Waals surface area contributed by atoms with Crippen molar-refractivity contribution in [3.63, 3.8) is 0 Å². The molecule has 0 N–H and O–H groups in total. The monoisotopic (exact) mass is 394 g/mol. The number of benzene rings is 2. The number of aliphatic imine (C=N–C) groups is 1. The van der Waals surface area contributed by atoms with Crippen molar-refractivity contribution in [3.8, 4) is 5.75 Å². The number of para-hydroxylation sites is 1. The number of halogens is 2. The van der Waals surface area contributed by atoms with Crippen LogP contribution >= 0.6 is 35.0 Å². The van der Waals surface area contributed by atoms with Gasteiger partial charge >= 0.3 is 0 Å². The van der Waals surface area contributed by atoms with Crippen LogP contribution in [0, 0.1) is 0 Å². The molecule has 25 heavy (non-hydrogen) atoms. The van der Waals surface area contributed by atoms with Crippen LogP contribution in [0.25, 0.3) is 0 Å². The van der Waals surface area contributed by atoms with Crippen LogP contribution in [0.1, 0.15) is 19.4 Å². The molecule has 0 aromatic heterocycles. The van der Waals surface area contributed by atoms with Gasteiger partial charge in [-0.25, -0.2) is 4.99 Å². The summed E-state index contributed by atoms with van der Waals surface area (Å²) >= 11 is 14.0. The van der Waals surface area contributed by atoms with Crippen LogP contribution in [0.15, 0.2) is 47.5 Å². The molecule has 1 heterocycles. The van der Waals surface area contributed by atoms with E-state index < -0.39 is 0 Å². The minimum atomic E-state index is 0.476. The molecule has 1 atom stereocenters. The molecule has 0 aliphatic carbocycles. The Hall–Kier alpha value is -1.36. The topological polar surface area (TPSA) is 24.8 Å². The zero-order chi connectivity index (χ0) is 17.8. The molecule has 1 aliphatic rings. The molecule has 2 aromatic rings. The Morgan fingerprint density at radius 1 is 1.24 bits per heavy atom. The third kappa shape index (κ3) is 4.63. The lowest BCUT2D eigenvalue weighted by molar-refractivity contribution is 0.329. The van der Waals surface area contributed by atoms with E-state index in [1.807, 2.05) is 37.3 Å². The van der Waals surface area contributed by atoms with Gasteiger partial charge in [0.15, 0.2) is 5.17 Å². The van der Waals surface area contributed by atoms with E-state index in [0.717, 1.165) is 35.3 Å². The number of rotatable bonds is 5. The molecule has 0 radical (unpaired) electrons. The van der Waals surface area contributed by atoms with E-state index in [2.05, 4.69) is 17.9 Å². The molecule has 1 saturated heterocycles. The first kappa shape index (κ1) is 18.4. The van der Waals surface area contributed by atoms with Crippen LogP contribution in [-0.2, 0) is 6.54 Å². The van der Waals surface area contributed by atoms with Crippen LogP contribution in [0.3, 0.4) is 0 Å². The second-order valence-corrected chi connectivity index (χ2v) is 8.09. The zero-order valence-electron chi connectivity index (χ0n) is 14.2. The third-order valence-electron chi connectivity index (χ3n) is 3.81. The van der Waals surface area contributed by atoms with Gasteiger partial charge in [0.2, 0.25) is 0 Å². The highest BCUT2D eigenvalue weighted by atomic mass is 35.5. The van der Waals surface area contributed by atoms with Gasteiger partial charge in [0.05, 0.1) is 17.3 Å². The van der Waals surface area contributed by atoms with Gasteiger partial charge in [0.25, 0.3) is 0 Å². The van der Waals surface area contributed by atoms with Crippen molar-refractivity contribution in [2.45, 2.75) is 25.6 Å². The average Bonchev–Trinajstić information content (AvgIpc) is 2.91. The number of thioether (sulfide) groups is 1. The molecule has 0 amide bonds. The Morgan fingerprint density at radius 3 is 2.80 bits per heavy atom. The first-order valence-electron chi connectivity index (χ1n) is 8.23. The van der Waals surface area contributed by atoms with Crippen molar-refractivity contribution in [2.75, 3.05) is 13.2 Å². The van der Waals surface area contributed by atoms with Gasteiger partial charge in [0.1, 0.15) is 5.75 Å². The van der Waals surface area contributed by atoms with Crippen LogP contribution in [0.2, 0.25) is 10.0 Å². The molecule has 3 rings (SSSR count). The van der Waals surface area contributed by atoms with Crippen molar-refractivity contribution >= 4 is 45.8 Å². The van der Waals surface area contributed by atoms with E-state index in [0.29, 0.717) is 21.9 Å². The van der Waals surface area contributed by atoms with E-state index in [1.54, 1.807) is 17.8 Å². The van der Waals surface area contributed by atoms with Gasteiger partial charge in [-0.15, -0.1) is 0 Å². The molecule has 6 heteroatoms. The molecular weight excluding hydrogens is 375 g/mol. The van der Waals surface area contributed by atoms with E-state index in [1.165, 1.54) is 0 Å². The number of ether oxygens (including phenoxy) is 1. The molecule has 1 unspecified atom stereocenters. The average molecular weight is 395 g/mol. The highest BCUT2D eigenvalue weighted by Crippen LogP contribution is 2.34. The first-order valence-corrected chi connectivity index (χ1v) is 9.86. The lowest BCUT2D eigenvalue weighted by Gasteiger charge is -2.20. The summed E-state index contributed by atoms with van der Waals surface area (Å²) in [7, 11) is 0. The van der Waals surface area contributed by atoms with E-state index >= 15 is 0 Å². The van der Waals surface area contributed by atoms with Crippen LogP contribution in [0.4, 0.5) is 5.69 Å². The summed E-state index contributed by atoms with van der Waals surface area (Å²) in [5.41, 5.74) is 1.90. The van der Waals surface area contributed by atoms with Crippen molar-refractivity contribution in [1.29, 1.82) is 0 Å². The first-order chi connectivity index (χ1) is 12.1. The summed E-state index contributed by atoms with van der Waals surface area (Å²) in [6.45, 7) is 6.56. The minimum Gasteiger partial charge on any atom is -0.494 e. The summed E-state index contributed by atoms with van der Waals surface area (Å²) in [4.78, 5) is 7.05. The van der Waals surface area contributed by atoms with Crippen molar-refractivity contribution in [3.05, 3.63) is 58.1 Å². The lowest BCUT2D eigenvalue weighted by Crippen LogP contribution is -2.25. The SMILES string of the molecule is CCOc1ccccc1CN1CC(C)SC1=Nc1ccc(Cl)cc1Cl. The number of nitrogens with zero attached hydrogens (tertiary/aromatic N) is 2. The largest absolute Gasteiger partial charge is 0.494 e. The van der Waals surface area contributed by atoms with E-state index in [9.17, 15) is 0 Å². The summed E-state index contributed by atoms with van der Waals surface area (Å²) in [5.74, 6) is 0.929. The summed E-state index contributed by atoms with van der Waals surface area (Å²) < 4.78 is 5.75. The maximum absolute atomic E-state index is 6.28. The summed E-state index contributed by atoms with van der Waals surface area (Å²) in [5, 5.41) is 2.63. The highest BCUT2D eigenvalue weighted by Gasteiger charge is 2.26. The standard InChI is InChI=1S/C19H20Cl2N2OS/c1-3-24-18-7-5-4-6-14(18)12-23-11-13(2)25-19(23)22-17-9-8-15(20)10-16(17)21/h4-10,13H,3,11-12H2,1-2H3.